The van der Waals surface area contributed by atoms with Crippen LogP contribution in [0.3, 0.4) is 0 Å². The second-order valence-electron chi connectivity index (χ2n) is 4.64. The van der Waals surface area contributed by atoms with Crippen molar-refractivity contribution >= 4 is 5.69 Å². The van der Waals surface area contributed by atoms with E-state index in [1.807, 2.05) is 48.5 Å². The lowest BCUT2D eigenvalue weighted by atomic mass is 10.2. The quantitative estimate of drug-likeness (QED) is 0.783. The molecule has 1 heterocycles. The van der Waals surface area contributed by atoms with Gasteiger partial charge in [0.05, 0.1) is 12.8 Å². The Labute approximate surface area is 127 Å². The molecule has 0 aliphatic rings. The van der Waals surface area contributed by atoms with Gasteiger partial charge in [0, 0.05) is 12.2 Å². The number of aromatic nitrogens is 2. The monoisotopic (exact) mass is 297 g/mol. The highest BCUT2D eigenvalue weighted by molar-refractivity contribution is 5.51. The molecule has 0 saturated heterocycles. The molecule has 0 fully saturated rings. The van der Waals surface area contributed by atoms with Crippen LogP contribution in [0.5, 0.6) is 6.08 Å². The Kier molecular flexibility index (Phi) is 3.91. The van der Waals surface area contributed by atoms with Gasteiger partial charge in [0.25, 0.3) is 0 Å². The summed E-state index contributed by atoms with van der Waals surface area (Å²) in [6, 6.07) is 17.4. The predicted molar refractivity (Wildman–Crippen MR) is 82.4 cm³/mol. The van der Waals surface area contributed by atoms with E-state index in [4.69, 9.17) is 9.15 Å². The smallest absolute Gasteiger partial charge is 0.444 e. The maximum Gasteiger partial charge on any atom is 0.444 e. The van der Waals surface area contributed by atoms with Gasteiger partial charge in [-0.1, -0.05) is 41.5 Å². The molecular weight excluding hydrogens is 282 g/mol. The summed E-state index contributed by atoms with van der Waals surface area (Å²) in [6.07, 6.45) is -0.0624. The van der Waals surface area contributed by atoms with Crippen molar-refractivity contribution in [2.24, 2.45) is 0 Å². The first-order valence-electron chi connectivity index (χ1n) is 6.78. The lowest BCUT2D eigenvalue weighted by Crippen LogP contribution is -2.13. The zero-order chi connectivity index (χ0) is 15.4. The molecule has 0 spiro atoms. The Balaban J connectivity index is 1.80. The fourth-order valence-corrected chi connectivity index (χ4v) is 2.05. The molecule has 3 aromatic rings. The van der Waals surface area contributed by atoms with Gasteiger partial charge in [-0.15, -0.1) is 0 Å². The SMILES string of the molecule is COc1nn(-c2cccc(NCc3ccccc3)c2)c(=O)o1. The van der Waals surface area contributed by atoms with Crippen molar-refractivity contribution < 1.29 is 9.15 Å². The number of rotatable bonds is 5. The summed E-state index contributed by atoms with van der Waals surface area (Å²) in [5.74, 6) is -0.586. The molecule has 6 nitrogen and oxygen atoms in total. The topological polar surface area (TPSA) is 69.3 Å². The van der Waals surface area contributed by atoms with Crippen LogP contribution in [-0.4, -0.2) is 16.9 Å². The number of methoxy groups -OCH3 is 1. The first-order valence-corrected chi connectivity index (χ1v) is 6.78. The van der Waals surface area contributed by atoms with Gasteiger partial charge in [-0.25, -0.2) is 4.79 Å². The van der Waals surface area contributed by atoms with Crippen LogP contribution in [0.4, 0.5) is 5.69 Å². The Morgan fingerprint density at radius 2 is 2.00 bits per heavy atom. The maximum absolute atomic E-state index is 11.7. The molecule has 0 atom stereocenters. The van der Waals surface area contributed by atoms with Crippen LogP contribution in [0.2, 0.25) is 0 Å². The molecule has 0 radical (unpaired) electrons. The minimum Gasteiger partial charge on any atom is -0.452 e. The van der Waals surface area contributed by atoms with Crippen molar-refractivity contribution in [3.05, 3.63) is 70.7 Å². The number of ether oxygens (including phenoxy) is 1. The van der Waals surface area contributed by atoms with E-state index in [1.165, 1.54) is 12.7 Å². The maximum atomic E-state index is 11.7. The van der Waals surface area contributed by atoms with E-state index in [0.717, 1.165) is 10.4 Å². The van der Waals surface area contributed by atoms with Gasteiger partial charge >= 0.3 is 11.8 Å². The number of benzene rings is 2. The van der Waals surface area contributed by atoms with Crippen molar-refractivity contribution in [2.45, 2.75) is 6.54 Å². The number of hydrogen-bond acceptors (Lipinski definition) is 5. The Bertz CT molecular complexity index is 809. The average molecular weight is 297 g/mol. The molecule has 1 aromatic heterocycles. The highest BCUT2D eigenvalue weighted by atomic mass is 16.6. The zero-order valence-electron chi connectivity index (χ0n) is 12.0. The van der Waals surface area contributed by atoms with Crippen LogP contribution in [-0.2, 0) is 6.54 Å². The first kappa shape index (κ1) is 13.9. The van der Waals surface area contributed by atoms with Gasteiger partial charge in [-0.2, -0.15) is 4.68 Å². The van der Waals surface area contributed by atoms with Crippen LogP contribution in [0.15, 0.2) is 63.8 Å². The van der Waals surface area contributed by atoms with Gasteiger partial charge in [0.2, 0.25) is 0 Å². The molecule has 22 heavy (non-hydrogen) atoms. The van der Waals surface area contributed by atoms with E-state index in [1.54, 1.807) is 6.07 Å². The third-order valence-corrected chi connectivity index (χ3v) is 3.13. The molecule has 3 rings (SSSR count). The molecule has 0 saturated carbocycles. The van der Waals surface area contributed by atoms with Crippen LogP contribution in [0, 0.1) is 0 Å². The molecular formula is C16H15N3O3. The Hall–Kier alpha value is -3.02. The van der Waals surface area contributed by atoms with Crippen molar-refractivity contribution in [3.63, 3.8) is 0 Å². The van der Waals surface area contributed by atoms with E-state index in [0.29, 0.717) is 12.2 Å². The summed E-state index contributed by atoms with van der Waals surface area (Å²) in [5, 5.41) is 7.25. The molecule has 0 bridgehead atoms. The lowest BCUT2D eigenvalue weighted by molar-refractivity contribution is 0.282. The second-order valence-corrected chi connectivity index (χ2v) is 4.64. The normalized spacial score (nSPS) is 10.4. The lowest BCUT2D eigenvalue weighted by Gasteiger charge is -2.07. The molecule has 2 aromatic carbocycles. The van der Waals surface area contributed by atoms with Gasteiger partial charge in [0.15, 0.2) is 0 Å². The highest BCUT2D eigenvalue weighted by Crippen LogP contribution is 2.15. The summed E-state index contributed by atoms with van der Waals surface area (Å²) < 4.78 is 10.8. The van der Waals surface area contributed by atoms with E-state index in [2.05, 4.69) is 10.4 Å². The minimum absolute atomic E-state index is 0.0624. The van der Waals surface area contributed by atoms with Crippen molar-refractivity contribution in [1.82, 2.24) is 9.78 Å². The highest BCUT2D eigenvalue weighted by Gasteiger charge is 2.10. The number of hydrogen-bond donors (Lipinski definition) is 1. The fraction of sp³-hybridized carbons (Fsp3) is 0.125. The molecule has 6 heteroatoms. The van der Waals surface area contributed by atoms with Crippen molar-refractivity contribution in [1.29, 1.82) is 0 Å². The van der Waals surface area contributed by atoms with E-state index in [-0.39, 0.29) is 6.08 Å². The summed E-state index contributed by atoms with van der Waals surface area (Å²) in [6.45, 7) is 0.696. The number of nitrogens with one attached hydrogen (secondary N) is 1. The standard InChI is InChI=1S/C16H15N3O3/c1-21-15-18-19(16(20)22-15)14-9-5-8-13(10-14)17-11-12-6-3-2-4-7-12/h2-10,17H,11H2,1H3. The van der Waals surface area contributed by atoms with E-state index < -0.39 is 5.76 Å². The summed E-state index contributed by atoms with van der Waals surface area (Å²) in [7, 11) is 1.40. The van der Waals surface area contributed by atoms with Crippen LogP contribution >= 0.6 is 0 Å². The van der Waals surface area contributed by atoms with Gasteiger partial charge in [-0.3, -0.25) is 0 Å². The summed E-state index contributed by atoms with van der Waals surface area (Å²) in [5.41, 5.74) is 2.67. The Morgan fingerprint density at radius 1 is 1.18 bits per heavy atom. The van der Waals surface area contributed by atoms with Gasteiger partial charge in [-0.05, 0) is 23.8 Å². The third-order valence-electron chi connectivity index (χ3n) is 3.13. The van der Waals surface area contributed by atoms with Crippen molar-refractivity contribution in [3.8, 4) is 11.8 Å². The minimum atomic E-state index is -0.586. The van der Waals surface area contributed by atoms with Crippen molar-refractivity contribution in [2.75, 3.05) is 12.4 Å². The molecule has 112 valence electrons. The average Bonchev–Trinajstić information content (AvgIpc) is 2.95. The Morgan fingerprint density at radius 3 is 2.73 bits per heavy atom. The third kappa shape index (κ3) is 3.01. The molecule has 0 unspecified atom stereocenters. The van der Waals surface area contributed by atoms with E-state index >= 15 is 0 Å². The second kappa shape index (κ2) is 6.17. The number of nitrogens with zero attached hydrogens (tertiary/aromatic N) is 2. The zero-order valence-corrected chi connectivity index (χ0v) is 12.0. The molecule has 0 aliphatic carbocycles. The van der Waals surface area contributed by atoms with Crippen LogP contribution in [0.1, 0.15) is 5.56 Å². The first-order chi connectivity index (χ1) is 10.8. The van der Waals surface area contributed by atoms with Gasteiger partial charge < -0.3 is 14.5 Å². The number of anilines is 1. The molecule has 0 amide bonds. The van der Waals surface area contributed by atoms with E-state index in [9.17, 15) is 4.79 Å². The largest absolute Gasteiger partial charge is 0.452 e. The summed E-state index contributed by atoms with van der Waals surface area (Å²) in [4.78, 5) is 11.7. The predicted octanol–water partition coefficient (Wildman–Crippen LogP) is 2.45. The van der Waals surface area contributed by atoms with Gasteiger partial charge in [0.1, 0.15) is 0 Å². The molecule has 0 aliphatic heterocycles. The summed E-state index contributed by atoms with van der Waals surface area (Å²) >= 11 is 0. The van der Waals surface area contributed by atoms with Crippen LogP contribution in [0.25, 0.3) is 5.69 Å². The van der Waals surface area contributed by atoms with Crippen LogP contribution < -0.4 is 15.8 Å². The molecule has 1 N–H and O–H groups in total. The fourth-order valence-electron chi connectivity index (χ4n) is 2.05.